The molecule has 0 aliphatic heterocycles. The molecule has 3 aromatic rings. The standard InChI is InChI=1S/C24H24O5/c1-16-11-18(9-10-22(16)29-15-17-7-5-4-6-8-17)12-19-13-20(27-2)14-21(25)23(19)24(26)28-3/h4-11,13-14,25H,12,15H2,1-3H3. The molecular formula is C24H24O5. The van der Waals surface area contributed by atoms with E-state index in [1.54, 1.807) is 6.07 Å². The molecule has 1 N–H and O–H groups in total. The molecule has 0 unspecified atom stereocenters. The van der Waals surface area contributed by atoms with Crippen molar-refractivity contribution in [2.45, 2.75) is 20.0 Å². The first-order valence-corrected chi connectivity index (χ1v) is 9.26. The van der Waals surface area contributed by atoms with Gasteiger partial charge in [0.2, 0.25) is 0 Å². The maximum absolute atomic E-state index is 12.1. The Balaban J connectivity index is 1.82. The van der Waals surface area contributed by atoms with Crippen LogP contribution in [0.2, 0.25) is 0 Å². The minimum absolute atomic E-state index is 0.148. The van der Waals surface area contributed by atoms with Gasteiger partial charge in [0.05, 0.1) is 14.2 Å². The predicted octanol–water partition coefficient (Wildman–Crippen LogP) is 4.67. The molecule has 3 rings (SSSR count). The number of phenolic OH excluding ortho intramolecular Hbond substituents is 1. The van der Waals surface area contributed by atoms with E-state index < -0.39 is 5.97 Å². The highest BCUT2D eigenvalue weighted by molar-refractivity contribution is 5.94. The van der Waals surface area contributed by atoms with Crippen molar-refractivity contribution in [1.29, 1.82) is 0 Å². The Morgan fingerprint density at radius 1 is 0.966 bits per heavy atom. The SMILES string of the molecule is COC(=O)c1c(O)cc(OC)cc1Cc1ccc(OCc2ccccc2)c(C)c1. The van der Waals surface area contributed by atoms with Gasteiger partial charge in [-0.05, 0) is 47.7 Å². The van der Waals surface area contributed by atoms with Crippen LogP contribution in [0.25, 0.3) is 0 Å². The lowest BCUT2D eigenvalue weighted by Gasteiger charge is -2.14. The zero-order valence-corrected chi connectivity index (χ0v) is 16.8. The summed E-state index contributed by atoms with van der Waals surface area (Å²) in [5, 5.41) is 10.3. The fraction of sp³-hybridized carbons (Fsp3) is 0.208. The normalized spacial score (nSPS) is 10.4. The molecule has 0 radical (unpaired) electrons. The molecule has 0 aliphatic carbocycles. The Morgan fingerprint density at radius 3 is 2.38 bits per heavy atom. The van der Waals surface area contributed by atoms with Gasteiger partial charge in [-0.3, -0.25) is 0 Å². The summed E-state index contributed by atoms with van der Waals surface area (Å²) >= 11 is 0. The van der Waals surface area contributed by atoms with Gasteiger partial charge < -0.3 is 19.3 Å². The molecule has 0 atom stereocenters. The molecule has 29 heavy (non-hydrogen) atoms. The van der Waals surface area contributed by atoms with Gasteiger partial charge in [-0.15, -0.1) is 0 Å². The lowest BCUT2D eigenvalue weighted by Crippen LogP contribution is -2.07. The highest BCUT2D eigenvalue weighted by Crippen LogP contribution is 2.31. The summed E-state index contributed by atoms with van der Waals surface area (Å²) in [5.41, 5.74) is 3.85. The van der Waals surface area contributed by atoms with E-state index in [0.717, 1.165) is 22.4 Å². The summed E-state index contributed by atoms with van der Waals surface area (Å²) in [7, 11) is 2.80. The molecular weight excluding hydrogens is 368 g/mol. The number of phenols is 1. The van der Waals surface area contributed by atoms with Crippen LogP contribution in [0.5, 0.6) is 17.2 Å². The second-order valence-corrected chi connectivity index (χ2v) is 6.72. The number of carbonyl (C=O) groups is 1. The topological polar surface area (TPSA) is 65.0 Å². The molecule has 0 amide bonds. The van der Waals surface area contributed by atoms with Gasteiger partial charge in [-0.25, -0.2) is 4.79 Å². The molecule has 5 nitrogen and oxygen atoms in total. The molecule has 0 saturated heterocycles. The lowest BCUT2D eigenvalue weighted by atomic mass is 9.97. The van der Waals surface area contributed by atoms with Gasteiger partial charge in [0, 0.05) is 6.07 Å². The van der Waals surface area contributed by atoms with Crippen molar-refractivity contribution in [3.8, 4) is 17.2 Å². The summed E-state index contributed by atoms with van der Waals surface area (Å²) in [6.45, 7) is 2.48. The minimum Gasteiger partial charge on any atom is -0.507 e. The molecule has 0 aromatic heterocycles. The molecule has 0 saturated carbocycles. The number of benzene rings is 3. The van der Waals surface area contributed by atoms with Crippen molar-refractivity contribution in [2.75, 3.05) is 14.2 Å². The molecule has 0 fully saturated rings. The smallest absolute Gasteiger partial charge is 0.341 e. The number of aryl methyl sites for hydroxylation is 1. The van der Waals surface area contributed by atoms with Gasteiger partial charge >= 0.3 is 5.97 Å². The average Bonchev–Trinajstić information content (AvgIpc) is 2.73. The molecule has 0 heterocycles. The number of hydrogen-bond donors (Lipinski definition) is 1. The Hall–Kier alpha value is -3.47. The predicted molar refractivity (Wildman–Crippen MR) is 111 cm³/mol. The van der Waals surface area contributed by atoms with Crippen LogP contribution in [0.1, 0.15) is 32.6 Å². The molecule has 0 bridgehead atoms. The maximum Gasteiger partial charge on any atom is 0.341 e. The summed E-state index contributed by atoms with van der Waals surface area (Å²) in [4.78, 5) is 12.1. The Morgan fingerprint density at radius 2 is 1.72 bits per heavy atom. The maximum atomic E-state index is 12.1. The number of aromatic hydroxyl groups is 1. The first-order chi connectivity index (χ1) is 14.0. The van der Waals surface area contributed by atoms with Crippen LogP contribution in [-0.4, -0.2) is 25.3 Å². The zero-order valence-electron chi connectivity index (χ0n) is 16.8. The molecule has 0 spiro atoms. The summed E-state index contributed by atoms with van der Waals surface area (Å²) in [6.07, 6.45) is 0.439. The van der Waals surface area contributed by atoms with E-state index in [4.69, 9.17) is 14.2 Å². The van der Waals surface area contributed by atoms with Crippen LogP contribution in [0.15, 0.2) is 60.7 Å². The van der Waals surface area contributed by atoms with E-state index in [1.165, 1.54) is 20.3 Å². The number of esters is 1. The third kappa shape index (κ3) is 4.88. The third-order valence-corrected chi connectivity index (χ3v) is 4.67. The molecule has 0 aliphatic rings. The van der Waals surface area contributed by atoms with Crippen LogP contribution in [0, 0.1) is 6.92 Å². The van der Waals surface area contributed by atoms with Gasteiger partial charge in [0.25, 0.3) is 0 Å². The molecule has 5 heteroatoms. The second-order valence-electron chi connectivity index (χ2n) is 6.72. The lowest BCUT2D eigenvalue weighted by molar-refractivity contribution is 0.0596. The fourth-order valence-electron chi connectivity index (χ4n) is 3.19. The van der Waals surface area contributed by atoms with E-state index in [2.05, 4.69) is 0 Å². The number of ether oxygens (including phenoxy) is 3. The van der Waals surface area contributed by atoms with Crippen molar-refractivity contribution in [3.63, 3.8) is 0 Å². The van der Waals surface area contributed by atoms with Crippen molar-refractivity contribution >= 4 is 5.97 Å². The summed E-state index contributed by atoms with van der Waals surface area (Å²) < 4.78 is 16.0. The minimum atomic E-state index is -0.584. The van der Waals surface area contributed by atoms with Crippen LogP contribution in [-0.2, 0) is 17.8 Å². The zero-order chi connectivity index (χ0) is 20.8. The largest absolute Gasteiger partial charge is 0.507 e. The average molecular weight is 392 g/mol. The Kier molecular flexibility index (Phi) is 6.39. The van der Waals surface area contributed by atoms with E-state index in [0.29, 0.717) is 24.3 Å². The summed E-state index contributed by atoms with van der Waals surface area (Å²) in [6, 6.07) is 19.0. The monoisotopic (exact) mass is 392 g/mol. The quantitative estimate of drug-likeness (QED) is 0.592. The van der Waals surface area contributed by atoms with Crippen molar-refractivity contribution in [1.82, 2.24) is 0 Å². The third-order valence-electron chi connectivity index (χ3n) is 4.67. The molecule has 3 aromatic carbocycles. The van der Waals surface area contributed by atoms with Crippen LogP contribution in [0.3, 0.4) is 0 Å². The fourth-order valence-corrected chi connectivity index (χ4v) is 3.19. The van der Waals surface area contributed by atoms with Gasteiger partial charge in [-0.1, -0.05) is 42.5 Å². The first kappa shape index (κ1) is 20.3. The number of carbonyl (C=O) groups excluding carboxylic acids is 1. The van der Waals surface area contributed by atoms with E-state index in [-0.39, 0.29) is 11.3 Å². The van der Waals surface area contributed by atoms with E-state index in [1.807, 2.05) is 55.5 Å². The van der Waals surface area contributed by atoms with Crippen LogP contribution >= 0.6 is 0 Å². The van der Waals surface area contributed by atoms with Crippen LogP contribution < -0.4 is 9.47 Å². The first-order valence-electron chi connectivity index (χ1n) is 9.26. The van der Waals surface area contributed by atoms with Gasteiger partial charge in [-0.2, -0.15) is 0 Å². The second kappa shape index (κ2) is 9.15. The Labute approximate surface area is 170 Å². The Bertz CT molecular complexity index is 996. The van der Waals surface area contributed by atoms with Crippen molar-refractivity contribution in [3.05, 3.63) is 88.5 Å². The van der Waals surface area contributed by atoms with Crippen molar-refractivity contribution in [2.24, 2.45) is 0 Å². The van der Waals surface area contributed by atoms with E-state index in [9.17, 15) is 9.90 Å². The van der Waals surface area contributed by atoms with Crippen LogP contribution in [0.4, 0.5) is 0 Å². The van der Waals surface area contributed by atoms with Gasteiger partial charge in [0.1, 0.15) is 29.4 Å². The number of rotatable bonds is 7. The van der Waals surface area contributed by atoms with E-state index >= 15 is 0 Å². The summed E-state index contributed by atoms with van der Waals surface area (Å²) in [5.74, 6) is 0.536. The van der Waals surface area contributed by atoms with Crippen molar-refractivity contribution < 1.29 is 24.1 Å². The number of methoxy groups -OCH3 is 2. The highest BCUT2D eigenvalue weighted by Gasteiger charge is 2.19. The number of hydrogen-bond acceptors (Lipinski definition) is 5. The highest BCUT2D eigenvalue weighted by atomic mass is 16.5. The van der Waals surface area contributed by atoms with Gasteiger partial charge in [0.15, 0.2) is 0 Å². The molecule has 150 valence electrons.